The second-order valence-electron chi connectivity index (χ2n) is 3.76. The third-order valence-corrected chi connectivity index (χ3v) is 2.39. The van der Waals surface area contributed by atoms with Gasteiger partial charge in [0.15, 0.2) is 0 Å². The molecule has 2 amide bonds. The molecule has 0 aromatic heterocycles. The molecule has 1 rings (SSSR count). The molecule has 0 bridgehead atoms. The lowest BCUT2D eigenvalue weighted by molar-refractivity contribution is -0.146. The molecule has 98 valence electrons. The molecular formula is C12H16N2O4. The van der Waals surface area contributed by atoms with Crippen molar-refractivity contribution in [1.82, 2.24) is 10.8 Å². The van der Waals surface area contributed by atoms with E-state index in [1.54, 1.807) is 0 Å². The molecule has 6 heteroatoms. The largest absolute Gasteiger partial charge is 0.375 e. The lowest BCUT2D eigenvalue weighted by Crippen LogP contribution is -2.44. The summed E-state index contributed by atoms with van der Waals surface area (Å²) in [5.74, 6) is -1.97. The molecule has 1 aromatic carbocycles. The molecule has 6 nitrogen and oxygen atoms in total. The van der Waals surface area contributed by atoms with Crippen molar-refractivity contribution in [3.05, 3.63) is 35.9 Å². The maximum atomic E-state index is 11.2. The number of hydroxylamine groups is 1. The van der Waals surface area contributed by atoms with Crippen LogP contribution in [0, 0.1) is 0 Å². The van der Waals surface area contributed by atoms with Crippen LogP contribution in [0.5, 0.6) is 0 Å². The summed E-state index contributed by atoms with van der Waals surface area (Å²) in [6.45, 7) is 0.351. The molecule has 0 aliphatic heterocycles. The van der Waals surface area contributed by atoms with Crippen molar-refractivity contribution in [3.63, 3.8) is 0 Å². The fourth-order valence-electron chi connectivity index (χ4n) is 1.43. The van der Waals surface area contributed by atoms with Crippen LogP contribution in [0.3, 0.4) is 0 Å². The quantitative estimate of drug-likeness (QED) is 0.240. The van der Waals surface area contributed by atoms with E-state index in [2.05, 4.69) is 5.32 Å². The van der Waals surface area contributed by atoms with Gasteiger partial charge in [-0.3, -0.25) is 14.8 Å². The van der Waals surface area contributed by atoms with Crippen LogP contribution in [0.2, 0.25) is 0 Å². The first-order valence-electron chi connectivity index (χ1n) is 5.59. The number of aryl methyl sites for hydroxylation is 1. The Morgan fingerprint density at radius 2 is 1.83 bits per heavy atom. The smallest absolute Gasteiger partial charge is 0.281 e. The fourth-order valence-corrected chi connectivity index (χ4v) is 1.43. The van der Waals surface area contributed by atoms with Crippen molar-refractivity contribution in [2.45, 2.75) is 18.9 Å². The minimum Gasteiger partial charge on any atom is -0.375 e. The van der Waals surface area contributed by atoms with E-state index in [-0.39, 0.29) is 0 Å². The van der Waals surface area contributed by atoms with Crippen molar-refractivity contribution < 1.29 is 19.9 Å². The van der Waals surface area contributed by atoms with E-state index < -0.39 is 17.9 Å². The zero-order valence-electron chi connectivity index (χ0n) is 9.80. The normalized spacial score (nSPS) is 11.7. The van der Waals surface area contributed by atoms with Crippen LogP contribution in [-0.2, 0) is 16.0 Å². The SMILES string of the molecule is O=C(NO)C(O)C(=O)NCCCc1ccccc1. The molecule has 1 atom stereocenters. The number of aliphatic hydroxyl groups is 1. The summed E-state index contributed by atoms with van der Waals surface area (Å²) in [6, 6.07) is 9.76. The van der Waals surface area contributed by atoms with Gasteiger partial charge in [0.1, 0.15) is 0 Å². The first kappa shape index (κ1) is 14.1. The van der Waals surface area contributed by atoms with Crippen molar-refractivity contribution in [1.29, 1.82) is 0 Å². The van der Waals surface area contributed by atoms with Crippen LogP contribution in [0.4, 0.5) is 0 Å². The Bertz CT molecular complexity index is 394. The second-order valence-corrected chi connectivity index (χ2v) is 3.76. The Kier molecular flexibility index (Phi) is 5.83. The summed E-state index contributed by atoms with van der Waals surface area (Å²) < 4.78 is 0. The van der Waals surface area contributed by atoms with Crippen LogP contribution in [0.1, 0.15) is 12.0 Å². The summed E-state index contributed by atoms with van der Waals surface area (Å²) in [4.78, 5) is 22.0. The number of benzene rings is 1. The average Bonchev–Trinajstić information content (AvgIpc) is 2.42. The highest BCUT2D eigenvalue weighted by atomic mass is 16.5. The van der Waals surface area contributed by atoms with E-state index in [1.165, 1.54) is 5.48 Å². The zero-order chi connectivity index (χ0) is 13.4. The van der Waals surface area contributed by atoms with E-state index in [9.17, 15) is 9.59 Å². The molecule has 18 heavy (non-hydrogen) atoms. The molecule has 0 spiro atoms. The van der Waals surface area contributed by atoms with Gasteiger partial charge in [0.05, 0.1) is 0 Å². The first-order valence-corrected chi connectivity index (χ1v) is 5.59. The van der Waals surface area contributed by atoms with E-state index >= 15 is 0 Å². The Labute approximate surface area is 105 Å². The maximum Gasteiger partial charge on any atom is 0.281 e. The topological polar surface area (TPSA) is 98.7 Å². The van der Waals surface area contributed by atoms with Gasteiger partial charge in [-0.15, -0.1) is 0 Å². The number of rotatable bonds is 6. The van der Waals surface area contributed by atoms with E-state index in [0.717, 1.165) is 12.0 Å². The van der Waals surface area contributed by atoms with E-state index in [0.29, 0.717) is 13.0 Å². The van der Waals surface area contributed by atoms with Gasteiger partial charge in [0.25, 0.3) is 11.8 Å². The molecule has 0 aliphatic rings. The van der Waals surface area contributed by atoms with E-state index in [4.69, 9.17) is 10.3 Å². The Morgan fingerprint density at radius 3 is 2.44 bits per heavy atom. The Hall–Kier alpha value is -1.92. The van der Waals surface area contributed by atoms with Crippen LogP contribution >= 0.6 is 0 Å². The van der Waals surface area contributed by atoms with Gasteiger partial charge in [0, 0.05) is 6.54 Å². The second kappa shape index (κ2) is 7.41. The van der Waals surface area contributed by atoms with Crippen molar-refractivity contribution >= 4 is 11.8 Å². The highest BCUT2D eigenvalue weighted by molar-refractivity contribution is 6.02. The van der Waals surface area contributed by atoms with Gasteiger partial charge < -0.3 is 10.4 Å². The number of hydrogen-bond donors (Lipinski definition) is 4. The van der Waals surface area contributed by atoms with Gasteiger partial charge in [-0.1, -0.05) is 30.3 Å². The van der Waals surface area contributed by atoms with Crippen LogP contribution in [0.25, 0.3) is 0 Å². The van der Waals surface area contributed by atoms with Crippen molar-refractivity contribution in [2.24, 2.45) is 0 Å². The highest BCUT2D eigenvalue weighted by Gasteiger charge is 2.22. The lowest BCUT2D eigenvalue weighted by Gasteiger charge is -2.09. The molecule has 0 aliphatic carbocycles. The maximum absolute atomic E-state index is 11.2. The minimum absolute atomic E-state index is 0.351. The predicted octanol–water partition coefficient (Wildman–Crippen LogP) is -0.398. The van der Waals surface area contributed by atoms with Gasteiger partial charge in [-0.05, 0) is 18.4 Å². The van der Waals surface area contributed by atoms with Crippen LogP contribution < -0.4 is 10.8 Å². The number of carbonyl (C=O) groups is 2. The predicted molar refractivity (Wildman–Crippen MR) is 63.7 cm³/mol. The van der Waals surface area contributed by atoms with Crippen LogP contribution in [0.15, 0.2) is 30.3 Å². The molecule has 1 unspecified atom stereocenters. The fraction of sp³-hybridized carbons (Fsp3) is 0.333. The first-order chi connectivity index (χ1) is 8.65. The minimum atomic E-state index is -1.88. The molecule has 0 fully saturated rings. The number of hydrogen-bond acceptors (Lipinski definition) is 4. The zero-order valence-corrected chi connectivity index (χ0v) is 9.80. The molecule has 0 saturated carbocycles. The highest BCUT2D eigenvalue weighted by Crippen LogP contribution is 2.01. The number of carbonyl (C=O) groups excluding carboxylic acids is 2. The summed E-state index contributed by atoms with van der Waals surface area (Å²) in [6.07, 6.45) is -0.390. The molecule has 0 radical (unpaired) electrons. The van der Waals surface area contributed by atoms with Gasteiger partial charge in [-0.25, -0.2) is 5.48 Å². The van der Waals surface area contributed by atoms with Gasteiger partial charge in [-0.2, -0.15) is 0 Å². The molecule has 0 heterocycles. The van der Waals surface area contributed by atoms with E-state index in [1.807, 2.05) is 30.3 Å². The van der Waals surface area contributed by atoms with Crippen molar-refractivity contribution in [3.8, 4) is 0 Å². The summed E-state index contributed by atoms with van der Waals surface area (Å²) >= 11 is 0. The Morgan fingerprint density at radius 1 is 1.17 bits per heavy atom. The number of nitrogens with one attached hydrogen (secondary N) is 2. The van der Waals surface area contributed by atoms with Crippen molar-refractivity contribution in [2.75, 3.05) is 6.54 Å². The monoisotopic (exact) mass is 252 g/mol. The molecule has 1 aromatic rings. The number of aliphatic hydroxyl groups excluding tert-OH is 1. The summed E-state index contributed by atoms with van der Waals surface area (Å²) in [7, 11) is 0. The van der Waals surface area contributed by atoms with Gasteiger partial charge in [0.2, 0.25) is 6.10 Å². The average molecular weight is 252 g/mol. The summed E-state index contributed by atoms with van der Waals surface area (Å²) in [5, 5.41) is 19.8. The third kappa shape index (κ3) is 4.52. The molecule has 0 saturated heterocycles. The van der Waals surface area contributed by atoms with Gasteiger partial charge >= 0.3 is 0 Å². The molecule has 4 N–H and O–H groups in total. The Balaban J connectivity index is 2.22. The number of amides is 2. The van der Waals surface area contributed by atoms with Crippen LogP contribution in [-0.4, -0.2) is 34.8 Å². The third-order valence-electron chi connectivity index (χ3n) is 2.39. The summed E-state index contributed by atoms with van der Waals surface area (Å²) in [5.41, 5.74) is 2.37. The standard InChI is InChI=1S/C12H16N2O4/c15-10(12(17)14-18)11(16)13-8-4-7-9-5-2-1-3-6-9/h1-3,5-6,10,15,18H,4,7-8H2,(H,13,16)(H,14,17). The lowest BCUT2D eigenvalue weighted by atomic mass is 10.1. The molecular weight excluding hydrogens is 236 g/mol.